The zero-order chi connectivity index (χ0) is 13.2. The van der Waals surface area contributed by atoms with Gasteiger partial charge in [-0.1, -0.05) is 39.0 Å². The highest BCUT2D eigenvalue weighted by Crippen LogP contribution is 2.45. The van der Waals surface area contributed by atoms with Crippen LogP contribution in [0.4, 0.5) is 5.69 Å². The van der Waals surface area contributed by atoms with Gasteiger partial charge >= 0.3 is 0 Å². The summed E-state index contributed by atoms with van der Waals surface area (Å²) in [5, 5.41) is 3.56. The standard InChI is InChI=1S/C16H26N2/c1-15(2)9-13(17)10-16(3,11-15)12-18-14-7-5-4-6-8-14/h4-8,13,18H,9-12,17H2,1-3H3. The Morgan fingerprint density at radius 2 is 1.83 bits per heavy atom. The first kappa shape index (κ1) is 13.4. The Bertz CT molecular complexity index is 385. The lowest BCUT2D eigenvalue weighted by atomic mass is 9.63. The molecule has 0 aromatic heterocycles. The third-order valence-electron chi connectivity index (χ3n) is 3.97. The SMILES string of the molecule is CC1(C)CC(N)CC(C)(CNc2ccccc2)C1. The van der Waals surface area contributed by atoms with Gasteiger partial charge in [-0.2, -0.15) is 0 Å². The van der Waals surface area contributed by atoms with Gasteiger partial charge in [-0.05, 0) is 42.2 Å². The van der Waals surface area contributed by atoms with Gasteiger partial charge in [0.2, 0.25) is 0 Å². The van der Waals surface area contributed by atoms with Crippen molar-refractivity contribution in [3.63, 3.8) is 0 Å². The van der Waals surface area contributed by atoms with Crippen molar-refractivity contribution in [2.75, 3.05) is 11.9 Å². The second-order valence-corrected chi connectivity index (χ2v) is 7.04. The van der Waals surface area contributed by atoms with Crippen molar-refractivity contribution in [1.29, 1.82) is 0 Å². The molecule has 0 radical (unpaired) electrons. The van der Waals surface area contributed by atoms with Crippen molar-refractivity contribution in [3.05, 3.63) is 30.3 Å². The molecule has 1 aliphatic rings. The molecule has 2 rings (SSSR count). The Labute approximate surface area is 111 Å². The minimum Gasteiger partial charge on any atom is -0.384 e. The quantitative estimate of drug-likeness (QED) is 0.854. The Morgan fingerprint density at radius 3 is 2.44 bits per heavy atom. The summed E-state index contributed by atoms with van der Waals surface area (Å²) in [4.78, 5) is 0. The second-order valence-electron chi connectivity index (χ2n) is 7.04. The third kappa shape index (κ3) is 3.49. The summed E-state index contributed by atoms with van der Waals surface area (Å²) in [6, 6.07) is 10.8. The van der Waals surface area contributed by atoms with E-state index >= 15 is 0 Å². The molecule has 2 nitrogen and oxygen atoms in total. The minimum atomic E-state index is 0.303. The molecule has 0 aliphatic heterocycles. The number of para-hydroxylation sites is 1. The average Bonchev–Trinajstić information content (AvgIpc) is 2.24. The first-order valence-corrected chi connectivity index (χ1v) is 6.93. The summed E-state index contributed by atoms with van der Waals surface area (Å²) in [5.41, 5.74) is 8.10. The summed E-state index contributed by atoms with van der Waals surface area (Å²) in [7, 11) is 0. The number of anilines is 1. The first-order valence-electron chi connectivity index (χ1n) is 6.93. The topological polar surface area (TPSA) is 38.0 Å². The van der Waals surface area contributed by atoms with Gasteiger partial charge in [0.25, 0.3) is 0 Å². The molecular weight excluding hydrogens is 220 g/mol. The maximum absolute atomic E-state index is 6.23. The van der Waals surface area contributed by atoms with E-state index in [0.29, 0.717) is 16.9 Å². The fourth-order valence-electron chi connectivity index (χ4n) is 3.72. The summed E-state index contributed by atoms with van der Waals surface area (Å²) in [6.45, 7) is 8.05. The first-order chi connectivity index (χ1) is 8.39. The molecule has 18 heavy (non-hydrogen) atoms. The molecule has 0 saturated heterocycles. The van der Waals surface area contributed by atoms with Gasteiger partial charge in [-0.25, -0.2) is 0 Å². The predicted molar refractivity (Wildman–Crippen MR) is 78.6 cm³/mol. The van der Waals surface area contributed by atoms with Crippen LogP contribution in [-0.4, -0.2) is 12.6 Å². The number of nitrogens with one attached hydrogen (secondary N) is 1. The molecule has 1 aromatic rings. The predicted octanol–water partition coefficient (Wildman–Crippen LogP) is 3.64. The molecule has 0 bridgehead atoms. The van der Waals surface area contributed by atoms with Gasteiger partial charge in [0.05, 0.1) is 0 Å². The fourth-order valence-corrected chi connectivity index (χ4v) is 3.72. The van der Waals surface area contributed by atoms with Gasteiger partial charge in [-0.15, -0.1) is 0 Å². The fraction of sp³-hybridized carbons (Fsp3) is 0.625. The molecule has 2 unspecified atom stereocenters. The summed E-state index contributed by atoms with van der Waals surface area (Å²) >= 11 is 0. The van der Waals surface area contributed by atoms with Crippen molar-refractivity contribution in [3.8, 4) is 0 Å². The highest BCUT2D eigenvalue weighted by molar-refractivity contribution is 5.42. The van der Waals surface area contributed by atoms with E-state index in [0.717, 1.165) is 19.4 Å². The van der Waals surface area contributed by atoms with Crippen LogP contribution in [0.1, 0.15) is 40.0 Å². The minimum absolute atomic E-state index is 0.303. The molecule has 3 N–H and O–H groups in total. The molecule has 1 aromatic carbocycles. The molecule has 1 fully saturated rings. The lowest BCUT2D eigenvalue weighted by Crippen LogP contribution is -2.45. The van der Waals surface area contributed by atoms with E-state index in [1.165, 1.54) is 12.1 Å². The second kappa shape index (κ2) is 4.93. The van der Waals surface area contributed by atoms with Crippen molar-refractivity contribution in [2.45, 2.75) is 46.1 Å². The molecule has 1 saturated carbocycles. The van der Waals surface area contributed by atoms with Crippen molar-refractivity contribution in [2.24, 2.45) is 16.6 Å². The van der Waals surface area contributed by atoms with E-state index in [1.54, 1.807) is 0 Å². The van der Waals surface area contributed by atoms with Crippen LogP contribution in [-0.2, 0) is 0 Å². The van der Waals surface area contributed by atoms with Crippen LogP contribution in [0.3, 0.4) is 0 Å². The van der Waals surface area contributed by atoms with E-state index in [-0.39, 0.29) is 0 Å². The number of rotatable bonds is 3. The highest BCUT2D eigenvalue weighted by Gasteiger charge is 2.39. The Morgan fingerprint density at radius 1 is 1.17 bits per heavy atom. The number of benzene rings is 1. The smallest absolute Gasteiger partial charge is 0.0340 e. The maximum atomic E-state index is 6.23. The third-order valence-corrected chi connectivity index (χ3v) is 3.97. The average molecular weight is 246 g/mol. The highest BCUT2D eigenvalue weighted by atomic mass is 14.9. The van der Waals surface area contributed by atoms with Crippen molar-refractivity contribution in [1.82, 2.24) is 0 Å². The number of hydrogen-bond donors (Lipinski definition) is 2. The van der Waals surface area contributed by atoms with E-state index in [2.05, 4.69) is 50.4 Å². The van der Waals surface area contributed by atoms with E-state index in [9.17, 15) is 0 Å². The lowest BCUT2D eigenvalue weighted by molar-refractivity contribution is 0.0938. The van der Waals surface area contributed by atoms with Gasteiger partial charge in [-0.3, -0.25) is 0 Å². The lowest BCUT2D eigenvalue weighted by Gasteiger charge is -2.46. The van der Waals surface area contributed by atoms with Crippen LogP contribution in [0.2, 0.25) is 0 Å². The number of nitrogens with two attached hydrogens (primary N) is 1. The van der Waals surface area contributed by atoms with Gasteiger partial charge in [0.1, 0.15) is 0 Å². The zero-order valence-electron chi connectivity index (χ0n) is 11.9. The van der Waals surface area contributed by atoms with E-state index < -0.39 is 0 Å². The molecule has 2 atom stereocenters. The van der Waals surface area contributed by atoms with Crippen LogP contribution >= 0.6 is 0 Å². The van der Waals surface area contributed by atoms with Gasteiger partial charge < -0.3 is 11.1 Å². The molecule has 0 heterocycles. The van der Waals surface area contributed by atoms with Crippen LogP contribution in [0.15, 0.2) is 30.3 Å². The van der Waals surface area contributed by atoms with Crippen LogP contribution in [0, 0.1) is 10.8 Å². The largest absolute Gasteiger partial charge is 0.384 e. The monoisotopic (exact) mass is 246 g/mol. The molecule has 100 valence electrons. The Kier molecular flexibility index (Phi) is 3.67. The molecule has 1 aliphatic carbocycles. The Hall–Kier alpha value is -1.02. The van der Waals surface area contributed by atoms with Crippen molar-refractivity contribution < 1.29 is 0 Å². The number of hydrogen-bond acceptors (Lipinski definition) is 2. The van der Waals surface area contributed by atoms with E-state index in [4.69, 9.17) is 5.73 Å². The Balaban J connectivity index is 1.99. The normalized spacial score (nSPS) is 31.0. The molecule has 0 spiro atoms. The van der Waals surface area contributed by atoms with Crippen LogP contribution in [0.5, 0.6) is 0 Å². The maximum Gasteiger partial charge on any atom is 0.0340 e. The molecular formula is C16H26N2. The zero-order valence-corrected chi connectivity index (χ0v) is 11.9. The summed E-state index contributed by atoms with van der Waals surface area (Å²) < 4.78 is 0. The van der Waals surface area contributed by atoms with Crippen LogP contribution in [0.25, 0.3) is 0 Å². The molecule has 0 amide bonds. The van der Waals surface area contributed by atoms with Crippen molar-refractivity contribution >= 4 is 5.69 Å². The summed E-state index contributed by atoms with van der Waals surface area (Å²) in [6.07, 6.45) is 3.51. The van der Waals surface area contributed by atoms with E-state index in [1.807, 2.05) is 6.07 Å². The molecule has 2 heteroatoms. The van der Waals surface area contributed by atoms with Crippen LogP contribution < -0.4 is 11.1 Å². The summed E-state index contributed by atoms with van der Waals surface area (Å²) in [5.74, 6) is 0. The van der Waals surface area contributed by atoms with Gasteiger partial charge in [0, 0.05) is 18.3 Å². The van der Waals surface area contributed by atoms with Gasteiger partial charge in [0.15, 0.2) is 0 Å².